The van der Waals surface area contributed by atoms with E-state index in [1.54, 1.807) is 16.8 Å². The molecule has 0 spiro atoms. The van der Waals surface area contributed by atoms with Crippen LogP contribution in [0.4, 0.5) is 0 Å². The molecule has 0 bridgehead atoms. The number of nitrogens with zero attached hydrogens (tertiary/aromatic N) is 2. The number of nitrogens with two attached hydrogens (primary N) is 1. The van der Waals surface area contributed by atoms with Gasteiger partial charge in [-0.1, -0.05) is 0 Å². The fourth-order valence-electron chi connectivity index (χ4n) is 0.428. The van der Waals surface area contributed by atoms with E-state index in [0.717, 1.165) is 11.4 Å². The molecule has 1 aromatic rings. The zero-order valence-electron chi connectivity index (χ0n) is 4.37. The van der Waals surface area contributed by atoms with Gasteiger partial charge in [0.2, 0.25) is 0 Å². The second kappa shape index (κ2) is 2.74. The molecule has 1 aromatic heterocycles. The molecule has 3 nitrogen and oxygen atoms in total. The Balaban J connectivity index is 2.50. The van der Waals surface area contributed by atoms with E-state index in [2.05, 4.69) is 10.2 Å². The smallest absolute Gasteiger partial charge is 0.118 e. The fourth-order valence-corrected chi connectivity index (χ4v) is 0.974. The Bertz CT molecular complexity index is 137. The highest BCUT2D eigenvalue weighted by atomic mass is 32.1. The fraction of sp³-hybridized carbons (Fsp3) is 0.500. The maximum absolute atomic E-state index is 5.26. The standard InChI is InChI=1S/C4H7N3S/c5-2-1-4-7-6-3-8-4/h3H,1-2,5H2. The van der Waals surface area contributed by atoms with Gasteiger partial charge >= 0.3 is 0 Å². The molecule has 0 aliphatic carbocycles. The molecule has 0 aliphatic rings. The lowest BCUT2D eigenvalue weighted by molar-refractivity contribution is 0.912. The normalized spacial score (nSPS) is 9.62. The molecule has 0 saturated carbocycles. The molecule has 0 aromatic carbocycles. The van der Waals surface area contributed by atoms with Gasteiger partial charge in [-0.05, 0) is 6.54 Å². The molecule has 0 unspecified atom stereocenters. The number of hydrogen-bond acceptors (Lipinski definition) is 4. The SMILES string of the molecule is NCCc1nncs1. The maximum atomic E-state index is 5.26. The summed E-state index contributed by atoms with van der Waals surface area (Å²) in [4.78, 5) is 0. The van der Waals surface area contributed by atoms with Crippen LogP contribution in [0.1, 0.15) is 5.01 Å². The zero-order valence-corrected chi connectivity index (χ0v) is 5.19. The van der Waals surface area contributed by atoms with Crippen molar-refractivity contribution in [1.82, 2.24) is 10.2 Å². The number of rotatable bonds is 2. The molecule has 2 N–H and O–H groups in total. The average Bonchev–Trinajstić information content (AvgIpc) is 2.19. The molecule has 0 atom stereocenters. The summed E-state index contributed by atoms with van der Waals surface area (Å²) in [6.07, 6.45) is 0.852. The molecular formula is C4H7N3S. The summed E-state index contributed by atoms with van der Waals surface area (Å²) >= 11 is 1.55. The maximum Gasteiger partial charge on any atom is 0.118 e. The van der Waals surface area contributed by atoms with E-state index in [-0.39, 0.29) is 0 Å². The second-order valence-electron chi connectivity index (χ2n) is 1.37. The van der Waals surface area contributed by atoms with E-state index >= 15 is 0 Å². The summed E-state index contributed by atoms with van der Waals surface area (Å²) in [7, 11) is 0. The average molecular weight is 129 g/mol. The predicted octanol–water partition coefficient (Wildman–Crippen LogP) is 0.0393. The van der Waals surface area contributed by atoms with Crippen LogP contribution in [0.2, 0.25) is 0 Å². The zero-order chi connectivity index (χ0) is 5.82. The summed E-state index contributed by atoms with van der Waals surface area (Å²) < 4.78 is 0. The van der Waals surface area contributed by atoms with Crippen molar-refractivity contribution in [3.63, 3.8) is 0 Å². The second-order valence-corrected chi connectivity index (χ2v) is 2.29. The highest BCUT2D eigenvalue weighted by Gasteiger charge is 1.90. The molecule has 0 amide bonds. The van der Waals surface area contributed by atoms with Gasteiger partial charge in [-0.15, -0.1) is 21.5 Å². The Morgan fingerprint density at radius 2 is 2.62 bits per heavy atom. The monoisotopic (exact) mass is 129 g/mol. The van der Waals surface area contributed by atoms with Gasteiger partial charge in [-0.25, -0.2) is 0 Å². The molecule has 1 rings (SSSR count). The summed E-state index contributed by atoms with van der Waals surface area (Å²) in [6, 6.07) is 0. The van der Waals surface area contributed by atoms with Gasteiger partial charge in [-0.2, -0.15) is 0 Å². The van der Waals surface area contributed by atoms with E-state index < -0.39 is 0 Å². The first-order valence-electron chi connectivity index (χ1n) is 2.38. The molecular weight excluding hydrogens is 122 g/mol. The van der Waals surface area contributed by atoms with Crippen LogP contribution in [0.15, 0.2) is 5.51 Å². The molecule has 0 fully saturated rings. The topological polar surface area (TPSA) is 51.8 Å². The van der Waals surface area contributed by atoms with Gasteiger partial charge < -0.3 is 5.73 Å². The summed E-state index contributed by atoms with van der Waals surface area (Å²) in [5.41, 5.74) is 6.97. The van der Waals surface area contributed by atoms with Crippen LogP contribution in [0.3, 0.4) is 0 Å². The molecule has 0 radical (unpaired) electrons. The Morgan fingerprint density at radius 3 is 3.12 bits per heavy atom. The minimum absolute atomic E-state index is 0.662. The summed E-state index contributed by atoms with van der Waals surface area (Å²) in [6.45, 7) is 0.662. The Hall–Kier alpha value is -0.480. The number of aromatic nitrogens is 2. The van der Waals surface area contributed by atoms with Gasteiger partial charge in [-0.3, -0.25) is 0 Å². The van der Waals surface area contributed by atoms with E-state index in [1.165, 1.54) is 0 Å². The van der Waals surface area contributed by atoms with Gasteiger partial charge in [0, 0.05) is 6.42 Å². The van der Waals surface area contributed by atoms with Crippen LogP contribution in [0.5, 0.6) is 0 Å². The minimum atomic E-state index is 0.662. The quantitative estimate of drug-likeness (QED) is 0.613. The molecule has 0 saturated heterocycles. The minimum Gasteiger partial charge on any atom is -0.330 e. The third-order valence-corrected chi connectivity index (χ3v) is 1.52. The molecule has 8 heavy (non-hydrogen) atoms. The van der Waals surface area contributed by atoms with Gasteiger partial charge in [0.1, 0.15) is 10.5 Å². The van der Waals surface area contributed by atoms with Crippen molar-refractivity contribution in [2.45, 2.75) is 6.42 Å². The van der Waals surface area contributed by atoms with Crippen molar-refractivity contribution >= 4 is 11.3 Å². The lowest BCUT2D eigenvalue weighted by Gasteiger charge is -1.83. The number of hydrogen-bond donors (Lipinski definition) is 1. The predicted molar refractivity (Wildman–Crippen MR) is 32.7 cm³/mol. The third kappa shape index (κ3) is 1.24. The highest BCUT2D eigenvalue weighted by molar-refractivity contribution is 7.09. The van der Waals surface area contributed by atoms with E-state index in [9.17, 15) is 0 Å². The molecule has 44 valence electrons. The molecule has 0 aliphatic heterocycles. The van der Waals surface area contributed by atoms with Crippen molar-refractivity contribution in [2.75, 3.05) is 6.54 Å². The van der Waals surface area contributed by atoms with Gasteiger partial charge in [0.05, 0.1) is 0 Å². The van der Waals surface area contributed by atoms with E-state index in [0.29, 0.717) is 6.54 Å². The summed E-state index contributed by atoms with van der Waals surface area (Å²) in [5, 5.41) is 8.47. The largest absolute Gasteiger partial charge is 0.330 e. The lowest BCUT2D eigenvalue weighted by Crippen LogP contribution is -2.01. The van der Waals surface area contributed by atoms with Crippen LogP contribution in [0.25, 0.3) is 0 Å². The van der Waals surface area contributed by atoms with Crippen molar-refractivity contribution < 1.29 is 0 Å². The van der Waals surface area contributed by atoms with Crippen molar-refractivity contribution in [1.29, 1.82) is 0 Å². The first-order valence-corrected chi connectivity index (χ1v) is 3.26. The first-order chi connectivity index (χ1) is 3.93. The van der Waals surface area contributed by atoms with Crippen LogP contribution in [0, 0.1) is 0 Å². The van der Waals surface area contributed by atoms with Gasteiger partial charge in [0.25, 0.3) is 0 Å². The van der Waals surface area contributed by atoms with Crippen LogP contribution < -0.4 is 5.73 Å². The summed E-state index contributed by atoms with van der Waals surface area (Å²) in [5.74, 6) is 0. The van der Waals surface area contributed by atoms with Crippen LogP contribution in [-0.2, 0) is 6.42 Å². The van der Waals surface area contributed by atoms with Crippen molar-refractivity contribution in [3.05, 3.63) is 10.5 Å². The molecule has 4 heteroatoms. The lowest BCUT2D eigenvalue weighted by atomic mass is 10.5. The van der Waals surface area contributed by atoms with Crippen molar-refractivity contribution in [3.8, 4) is 0 Å². The van der Waals surface area contributed by atoms with Crippen LogP contribution >= 0.6 is 11.3 Å². The Morgan fingerprint density at radius 1 is 1.75 bits per heavy atom. The third-order valence-electron chi connectivity index (χ3n) is 0.763. The highest BCUT2D eigenvalue weighted by Crippen LogP contribution is 1.99. The Kier molecular flexibility index (Phi) is 1.93. The van der Waals surface area contributed by atoms with E-state index in [1.807, 2.05) is 0 Å². The first kappa shape index (κ1) is 5.65. The van der Waals surface area contributed by atoms with E-state index in [4.69, 9.17) is 5.73 Å². The Labute approximate surface area is 51.5 Å². The van der Waals surface area contributed by atoms with Crippen molar-refractivity contribution in [2.24, 2.45) is 5.73 Å². The molecule has 1 heterocycles. The van der Waals surface area contributed by atoms with Gasteiger partial charge in [0.15, 0.2) is 0 Å². The van der Waals surface area contributed by atoms with Crippen LogP contribution in [-0.4, -0.2) is 16.7 Å².